The van der Waals surface area contributed by atoms with E-state index in [1.807, 2.05) is 0 Å². The molecular formula is C7H3NO4. The number of nitrogens with zero attached hydrogens (tertiary/aromatic N) is 1. The molecule has 0 unspecified atom stereocenters. The van der Waals surface area contributed by atoms with Gasteiger partial charge < -0.3 is 8.83 Å². The Labute approximate surface area is 66.0 Å². The van der Waals surface area contributed by atoms with Crippen molar-refractivity contribution < 1.29 is 18.4 Å². The second-order valence-corrected chi connectivity index (χ2v) is 2.11. The lowest BCUT2D eigenvalue weighted by Gasteiger charge is -1.76. The van der Waals surface area contributed by atoms with E-state index in [-0.39, 0.29) is 17.4 Å². The van der Waals surface area contributed by atoms with Crippen LogP contribution in [0.2, 0.25) is 0 Å². The van der Waals surface area contributed by atoms with Gasteiger partial charge in [-0.05, 0) is 0 Å². The van der Waals surface area contributed by atoms with E-state index in [4.69, 9.17) is 8.83 Å². The highest BCUT2D eigenvalue weighted by Crippen LogP contribution is 2.17. The number of aromatic nitrogens is 1. The van der Waals surface area contributed by atoms with Gasteiger partial charge in [-0.15, -0.1) is 0 Å². The van der Waals surface area contributed by atoms with Crippen molar-refractivity contribution >= 4 is 23.9 Å². The van der Waals surface area contributed by atoms with Gasteiger partial charge in [-0.1, -0.05) is 0 Å². The van der Waals surface area contributed by atoms with Crippen LogP contribution in [-0.2, 0) is 0 Å². The minimum absolute atomic E-state index is 0.0544. The highest BCUT2D eigenvalue weighted by molar-refractivity contribution is 5.82. The van der Waals surface area contributed by atoms with E-state index in [0.29, 0.717) is 18.1 Å². The van der Waals surface area contributed by atoms with Crippen LogP contribution >= 0.6 is 0 Å². The van der Waals surface area contributed by atoms with Gasteiger partial charge in [-0.3, -0.25) is 9.59 Å². The lowest BCUT2D eigenvalue weighted by Crippen LogP contribution is -1.75. The highest BCUT2D eigenvalue weighted by atomic mass is 16.5. The molecule has 0 N–H and O–H groups in total. The molecular weight excluding hydrogens is 162 g/mol. The van der Waals surface area contributed by atoms with Crippen LogP contribution in [0.25, 0.3) is 11.3 Å². The van der Waals surface area contributed by atoms with Crippen LogP contribution in [-0.4, -0.2) is 17.6 Å². The van der Waals surface area contributed by atoms with Crippen LogP contribution in [0.15, 0.2) is 14.9 Å². The Morgan fingerprint density at radius 1 is 1.25 bits per heavy atom. The smallest absolute Gasteiger partial charge is 0.319 e. The maximum Gasteiger partial charge on any atom is 0.319 e. The van der Waals surface area contributed by atoms with Crippen LogP contribution in [0.4, 0.5) is 0 Å². The summed E-state index contributed by atoms with van der Waals surface area (Å²) in [5.41, 5.74) is 0.374. The summed E-state index contributed by atoms with van der Waals surface area (Å²) in [5.74, 6) is 0.175. The second kappa shape index (κ2) is 2.30. The molecule has 5 nitrogen and oxygen atoms in total. The van der Waals surface area contributed by atoms with Gasteiger partial charge in [0.15, 0.2) is 17.6 Å². The summed E-state index contributed by atoms with van der Waals surface area (Å²) in [6.45, 7) is 0. The Balaban J connectivity index is 2.66. The molecule has 12 heavy (non-hydrogen) atoms. The average Bonchev–Trinajstić information content (AvgIpc) is 2.59. The van der Waals surface area contributed by atoms with Crippen molar-refractivity contribution in [3.8, 4) is 0 Å². The fraction of sp³-hybridized carbons (Fsp3) is 0. The molecule has 0 aliphatic carbocycles. The highest BCUT2D eigenvalue weighted by Gasteiger charge is 2.10. The van der Waals surface area contributed by atoms with Gasteiger partial charge >= 0.3 is 5.78 Å². The van der Waals surface area contributed by atoms with E-state index in [1.165, 1.54) is 6.07 Å². The van der Waals surface area contributed by atoms with Crippen molar-refractivity contribution in [1.82, 2.24) is 4.98 Å². The van der Waals surface area contributed by atoms with Gasteiger partial charge in [-0.25, -0.2) is 4.98 Å². The molecule has 0 saturated heterocycles. The number of carbonyl (C=O) groups excluding carboxylic acids is 2. The van der Waals surface area contributed by atoms with E-state index in [2.05, 4.69) is 4.98 Å². The van der Waals surface area contributed by atoms with Crippen LogP contribution < -0.4 is 0 Å². The number of rotatable bonds is 2. The number of aldehydes is 2. The van der Waals surface area contributed by atoms with Crippen LogP contribution in [0.5, 0.6) is 0 Å². The summed E-state index contributed by atoms with van der Waals surface area (Å²) < 4.78 is 9.64. The summed E-state index contributed by atoms with van der Waals surface area (Å²) in [6.07, 6.45) is 1.01. The molecule has 0 radical (unpaired) electrons. The monoisotopic (exact) mass is 165 g/mol. The minimum Gasteiger partial charge on any atom is -0.421 e. The molecule has 0 spiro atoms. The third-order valence-electron chi connectivity index (χ3n) is 1.34. The molecule has 5 heteroatoms. The third kappa shape index (κ3) is 0.833. The first-order valence-corrected chi connectivity index (χ1v) is 3.14. The average molecular weight is 165 g/mol. The first-order valence-electron chi connectivity index (χ1n) is 3.14. The number of furan rings is 1. The zero-order valence-corrected chi connectivity index (χ0v) is 5.81. The maximum atomic E-state index is 10.2. The van der Waals surface area contributed by atoms with Gasteiger partial charge in [-0.2, -0.15) is 0 Å². The zero-order chi connectivity index (χ0) is 8.55. The van der Waals surface area contributed by atoms with Crippen molar-refractivity contribution in [2.45, 2.75) is 0 Å². The number of fused-ring (bicyclic) bond motifs is 1. The Hall–Kier alpha value is -1.91. The number of oxazole rings is 1. The first-order chi connectivity index (χ1) is 5.83. The van der Waals surface area contributed by atoms with Crippen LogP contribution in [0.3, 0.4) is 0 Å². The van der Waals surface area contributed by atoms with E-state index in [0.717, 1.165) is 0 Å². The predicted octanol–water partition coefficient (Wildman–Crippen LogP) is 1.05. The Morgan fingerprint density at radius 2 is 2.08 bits per heavy atom. The third-order valence-corrected chi connectivity index (χ3v) is 1.34. The molecule has 0 amide bonds. The molecule has 0 saturated carbocycles. The van der Waals surface area contributed by atoms with E-state index < -0.39 is 0 Å². The van der Waals surface area contributed by atoms with Gasteiger partial charge in [0.1, 0.15) is 0 Å². The summed E-state index contributed by atoms with van der Waals surface area (Å²) in [7, 11) is 0. The summed E-state index contributed by atoms with van der Waals surface area (Å²) in [4.78, 5) is 24.1. The van der Waals surface area contributed by atoms with Crippen LogP contribution in [0, 0.1) is 0 Å². The van der Waals surface area contributed by atoms with E-state index >= 15 is 0 Å². The number of hydrogen-bond acceptors (Lipinski definition) is 5. The Kier molecular flexibility index (Phi) is 1.30. The molecule has 0 bridgehead atoms. The molecule has 2 aromatic rings. The molecule has 0 aromatic carbocycles. The van der Waals surface area contributed by atoms with Crippen molar-refractivity contribution in [1.29, 1.82) is 0 Å². The van der Waals surface area contributed by atoms with Gasteiger partial charge in [0.2, 0.25) is 6.29 Å². The van der Waals surface area contributed by atoms with Gasteiger partial charge in [0.05, 0.1) is 0 Å². The largest absolute Gasteiger partial charge is 0.421 e. The van der Waals surface area contributed by atoms with Crippen molar-refractivity contribution in [3.05, 3.63) is 17.7 Å². The fourth-order valence-corrected chi connectivity index (χ4v) is 0.878. The van der Waals surface area contributed by atoms with Crippen LogP contribution in [0.1, 0.15) is 21.2 Å². The van der Waals surface area contributed by atoms with Crippen molar-refractivity contribution in [2.24, 2.45) is 0 Å². The molecule has 0 atom stereocenters. The summed E-state index contributed by atoms with van der Waals surface area (Å²) in [5, 5.41) is 0. The number of carbonyl (C=O) groups is 2. The van der Waals surface area contributed by atoms with E-state index in [1.54, 1.807) is 0 Å². The normalized spacial score (nSPS) is 10.3. The molecule has 2 rings (SSSR count). The van der Waals surface area contributed by atoms with Gasteiger partial charge in [0.25, 0.3) is 5.89 Å². The van der Waals surface area contributed by atoms with Crippen molar-refractivity contribution in [3.63, 3.8) is 0 Å². The lowest BCUT2D eigenvalue weighted by atomic mass is 10.5. The predicted molar refractivity (Wildman–Crippen MR) is 37.0 cm³/mol. The standard InChI is InChI=1S/C7H3NO4/c9-2-4-1-5-7(11-4)12-6(3-10)8-5/h1-3H. The molecule has 0 aliphatic rings. The van der Waals surface area contributed by atoms with Gasteiger partial charge in [0, 0.05) is 6.07 Å². The number of hydrogen-bond donors (Lipinski definition) is 0. The van der Waals surface area contributed by atoms with Crippen molar-refractivity contribution in [2.75, 3.05) is 0 Å². The fourth-order valence-electron chi connectivity index (χ4n) is 0.878. The maximum absolute atomic E-state index is 10.2. The Bertz CT molecular complexity index is 370. The minimum atomic E-state index is -0.0544. The molecule has 0 aliphatic heterocycles. The second-order valence-electron chi connectivity index (χ2n) is 2.11. The quantitative estimate of drug-likeness (QED) is 0.621. The summed E-state index contributed by atoms with van der Waals surface area (Å²) in [6, 6.07) is 1.40. The SMILES string of the molecule is O=Cc1cc2nc(C=O)oc2o1. The first kappa shape index (κ1) is 6.78. The topological polar surface area (TPSA) is 73.3 Å². The molecule has 0 fully saturated rings. The molecule has 60 valence electrons. The molecule has 2 aromatic heterocycles. The Morgan fingerprint density at radius 3 is 2.67 bits per heavy atom. The summed E-state index contributed by atoms with van der Waals surface area (Å²) >= 11 is 0. The lowest BCUT2D eigenvalue weighted by molar-refractivity contribution is 0.109. The zero-order valence-electron chi connectivity index (χ0n) is 5.81. The van der Waals surface area contributed by atoms with E-state index in [9.17, 15) is 9.59 Å². The molecule has 2 heterocycles.